The van der Waals surface area contributed by atoms with Gasteiger partial charge in [-0.2, -0.15) is 0 Å². The summed E-state index contributed by atoms with van der Waals surface area (Å²) in [7, 11) is 3.27. The SMILES string of the molecule is CCOc1ccccc1C1Nc2ccccc2-n2c(-c3ccccc3C)c3c(=O)n(C)c(=O)n(C)c3c21. The normalized spacial score (nSPS) is 14.2. The number of para-hydroxylation sites is 3. The van der Waals surface area contributed by atoms with Crippen molar-refractivity contribution in [2.45, 2.75) is 19.9 Å². The topological polar surface area (TPSA) is 70.2 Å². The Kier molecular flexibility index (Phi) is 5.30. The zero-order valence-corrected chi connectivity index (χ0v) is 21.3. The second-order valence-electron chi connectivity index (χ2n) is 9.38. The van der Waals surface area contributed by atoms with E-state index in [9.17, 15) is 9.59 Å². The van der Waals surface area contributed by atoms with E-state index in [4.69, 9.17) is 4.74 Å². The predicted octanol–water partition coefficient (Wildman–Crippen LogP) is 4.92. The lowest BCUT2D eigenvalue weighted by molar-refractivity contribution is 0.335. The monoisotopic (exact) mass is 492 g/mol. The fourth-order valence-electron chi connectivity index (χ4n) is 5.55. The van der Waals surface area contributed by atoms with E-state index in [0.29, 0.717) is 17.5 Å². The fraction of sp³-hybridized carbons (Fsp3) is 0.200. The summed E-state index contributed by atoms with van der Waals surface area (Å²) in [6.07, 6.45) is 0. The first kappa shape index (κ1) is 22.9. The molecule has 37 heavy (non-hydrogen) atoms. The molecule has 2 aromatic heterocycles. The van der Waals surface area contributed by atoms with Crippen molar-refractivity contribution in [3.8, 4) is 22.7 Å². The second-order valence-corrected chi connectivity index (χ2v) is 9.38. The van der Waals surface area contributed by atoms with Crippen molar-refractivity contribution >= 4 is 16.6 Å². The number of rotatable bonds is 4. The number of hydrogen-bond acceptors (Lipinski definition) is 4. The maximum Gasteiger partial charge on any atom is 0.331 e. The molecule has 6 rings (SSSR count). The first-order valence-electron chi connectivity index (χ1n) is 12.4. The van der Waals surface area contributed by atoms with Gasteiger partial charge >= 0.3 is 5.69 Å². The molecular weight excluding hydrogens is 464 g/mol. The van der Waals surface area contributed by atoms with Crippen molar-refractivity contribution in [3.63, 3.8) is 0 Å². The van der Waals surface area contributed by atoms with Crippen LogP contribution in [0.25, 0.3) is 27.8 Å². The summed E-state index contributed by atoms with van der Waals surface area (Å²) in [5, 5.41) is 4.22. The molecule has 7 heteroatoms. The zero-order valence-electron chi connectivity index (χ0n) is 21.3. The third-order valence-corrected chi connectivity index (χ3v) is 7.26. The molecule has 0 fully saturated rings. The van der Waals surface area contributed by atoms with Crippen LogP contribution in [0.1, 0.15) is 29.8 Å². The highest BCUT2D eigenvalue weighted by molar-refractivity contribution is 6.00. The molecule has 186 valence electrons. The van der Waals surface area contributed by atoms with E-state index in [0.717, 1.165) is 45.2 Å². The summed E-state index contributed by atoms with van der Waals surface area (Å²) in [6, 6.07) is 23.7. The first-order valence-corrected chi connectivity index (χ1v) is 12.4. The molecule has 0 aliphatic carbocycles. The Morgan fingerprint density at radius 1 is 0.892 bits per heavy atom. The summed E-state index contributed by atoms with van der Waals surface area (Å²) in [6.45, 7) is 4.53. The third-order valence-electron chi connectivity index (χ3n) is 7.26. The molecule has 1 aliphatic rings. The maximum atomic E-state index is 13.8. The van der Waals surface area contributed by atoms with Crippen LogP contribution in [0.2, 0.25) is 0 Å². The van der Waals surface area contributed by atoms with Gasteiger partial charge in [0.05, 0.1) is 46.3 Å². The van der Waals surface area contributed by atoms with Crippen LogP contribution < -0.4 is 21.3 Å². The summed E-state index contributed by atoms with van der Waals surface area (Å²) in [5.41, 5.74) is 6.34. The van der Waals surface area contributed by atoms with Gasteiger partial charge in [0.2, 0.25) is 0 Å². The molecule has 5 aromatic rings. The Morgan fingerprint density at radius 2 is 1.59 bits per heavy atom. The van der Waals surface area contributed by atoms with Crippen molar-refractivity contribution < 1.29 is 4.74 Å². The van der Waals surface area contributed by atoms with Crippen molar-refractivity contribution in [1.29, 1.82) is 0 Å². The molecule has 3 aromatic carbocycles. The van der Waals surface area contributed by atoms with Gasteiger partial charge in [0.25, 0.3) is 5.56 Å². The lowest BCUT2D eigenvalue weighted by Gasteiger charge is -2.32. The van der Waals surface area contributed by atoms with Gasteiger partial charge in [0.1, 0.15) is 5.75 Å². The average Bonchev–Trinajstić information content (AvgIpc) is 3.27. The molecule has 0 saturated carbocycles. The van der Waals surface area contributed by atoms with Crippen LogP contribution in [0.3, 0.4) is 0 Å². The van der Waals surface area contributed by atoms with Gasteiger partial charge < -0.3 is 14.6 Å². The van der Waals surface area contributed by atoms with Gasteiger partial charge in [-0.3, -0.25) is 13.9 Å². The summed E-state index contributed by atoms with van der Waals surface area (Å²) in [5.74, 6) is 0.758. The van der Waals surface area contributed by atoms with Crippen LogP contribution in [0.15, 0.2) is 82.4 Å². The summed E-state index contributed by atoms with van der Waals surface area (Å²) in [4.78, 5) is 27.1. The smallest absolute Gasteiger partial charge is 0.331 e. The van der Waals surface area contributed by atoms with Gasteiger partial charge in [-0.15, -0.1) is 0 Å². The van der Waals surface area contributed by atoms with Crippen LogP contribution in [0, 0.1) is 6.92 Å². The van der Waals surface area contributed by atoms with E-state index in [1.54, 1.807) is 11.6 Å². The highest BCUT2D eigenvalue weighted by Crippen LogP contribution is 2.47. The van der Waals surface area contributed by atoms with E-state index in [1.807, 2.05) is 86.6 Å². The average molecular weight is 493 g/mol. The van der Waals surface area contributed by atoms with Gasteiger partial charge in [-0.05, 0) is 37.6 Å². The van der Waals surface area contributed by atoms with Crippen LogP contribution in [0.4, 0.5) is 5.69 Å². The van der Waals surface area contributed by atoms with Crippen molar-refractivity contribution in [2.24, 2.45) is 14.1 Å². The molecule has 1 N–H and O–H groups in total. The van der Waals surface area contributed by atoms with E-state index < -0.39 is 0 Å². The lowest BCUT2D eigenvalue weighted by atomic mass is 9.98. The highest BCUT2D eigenvalue weighted by atomic mass is 16.5. The van der Waals surface area contributed by atoms with E-state index in [2.05, 4.69) is 9.88 Å². The van der Waals surface area contributed by atoms with Gasteiger partial charge in [0, 0.05) is 25.2 Å². The number of ether oxygens (including phenoxy) is 1. The first-order chi connectivity index (χ1) is 17.9. The Bertz CT molecular complexity index is 1810. The molecule has 7 nitrogen and oxygen atoms in total. The van der Waals surface area contributed by atoms with Crippen molar-refractivity contribution in [2.75, 3.05) is 11.9 Å². The number of anilines is 1. The number of hydrogen-bond donors (Lipinski definition) is 1. The molecule has 3 heterocycles. The summed E-state index contributed by atoms with van der Waals surface area (Å²) >= 11 is 0. The maximum absolute atomic E-state index is 13.8. The molecule has 0 amide bonds. The van der Waals surface area contributed by atoms with Crippen LogP contribution in [0.5, 0.6) is 5.75 Å². The van der Waals surface area contributed by atoms with Crippen LogP contribution >= 0.6 is 0 Å². The number of nitrogens with one attached hydrogen (secondary N) is 1. The molecular formula is C30H28N4O3. The zero-order chi connectivity index (χ0) is 25.8. The van der Waals surface area contributed by atoms with Gasteiger partial charge in [-0.1, -0.05) is 54.6 Å². The Labute approximate surface area is 214 Å². The van der Waals surface area contributed by atoms with E-state index in [-0.39, 0.29) is 17.3 Å². The molecule has 1 aliphatic heterocycles. The third kappa shape index (κ3) is 3.27. The standard InChI is InChI=1S/C30H28N4O3/c1-5-37-23-17-11-8-14-20(23)25-28-27-24(29(35)33(4)30(36)32(27)3)26(19-13-7-6-12-18(19)2)34(28)22-16-10-9-15-21(22)31-25/h6-17,25,31H,5H2,1-4H3. The number of aryl methyl sites for hydroxylation is 2. The Hall–Kier alpha value is -4.52. The minimum atomic E-state index is -0.365. The quantitative estimate of drug-likeness (QED) is 0.387. The Morgan fingerprint density at radius 3 is 2.38 bits per heavy atom. The minimum Gasteiger partial charge on any atom is -0.494 e. The predicted molar refractivity (Wildman–Crippen MR) is 147 cm³/mol. The van der Waals surface area contributed by atoms with Crippen LogP contribution in [-0.2, 0) is 14.1 Å². The highest BCUT2D eigenvalue weighted by Gasteiger charge is 2.36. The fourth-order valence-corrected chi connectivity index (χ4v) is 5.55. The molecule has 0 saturated heterocycles. The molecule has 0 spiro atoms. The molecule has 1 unspecified atom stereocenters. The van der Waals surface area contributed by atoms with Crippen molar-refractivity contribution in [3.05, 3.63) is 110 Å². The Balaban J connectivity index is 1.86. The van der Waals surface area contributed by atoms with Gasteiger partial charge in [-0.25, -0.2) is 4.79 Å². The number of aromatic nitrogens is 3. The lowest BCUT2D eigenvalue weighted by Crippen LogP contribution is -2.37. The largest absolute Gasteiger partial charge is 0.494 e. The minimum absolute atomic E-state index is 0.312. The van der Waals surface area contributed by atoms with Crippen LogP contribution in [-0.4, -0.2) is 20.3 Å². The van der Waals surface area contributed by atoms with E-state index >= 15 is 0 Å². The van der Waals surface area contributed by atoms with Crippen molar-refractivity contribution in [1.82, 2.24) is 13.7 Å². The molecule has 1 atom stereocenters. The van der Waals surface area contributed by atoms with Gasteiger partial charge in [0.15, 0.2) is 0 Å². The summed E-state index contributed by atoms with van der Waals surface area (Å²) < 4.78 is 11.0. The molecule has 0 radical (unpaired) electrons. The molecule has 0 bridgehead atoms. The number of fused-ring (bicyclic) bond motifs is 5. The number of benzene rings is 3. The van der Waals surface area contributed by atoms with E-state index in [1.165, 1.54) is 11.6 Å². The number of nitrogens with zero attached hydrogens (tertiary/aromatic N) is 3. The second kappa shape index (κ2) is 8.55.